The molecule has 6 nitrogen and oxygen atoms in total. The summed E-state index contributed by atoms with van der Waals surface area (Å²) in [6.07, 6.45) is 3.49. The van der Waals surface area contributed by atoms with E-state index in [1.54, 1.807) is 12.1 Å². The lowest BCUT2D eigenvalue weighted by molar-refractivity contribution is 0.259. The third kappa shape index (κ3) is 2.97. The van der Waals surface area contributed by atoms with E-state index in [1.165, 1.54) is 11.3 Å². The van der Waals surface area contributed by atoms with Crippen LogP contribution in [0.2, 0.25) is 0 Å². The van der Waals surface area contributed by atoms with Gasteiger partial charge in [-0.1, -0.05) is 0 Å². The minimum Gasteiger partial charge on any atom is -0.508 e. The number of phenolic OH excluding ortho intramolecular Hbond substituents is 1. The number of aromatic nitrogens is 2. The van der Waals surface area contributed by atoms with Crippen LogP contribution in [-0.4, -0.2) is 21.1 Å². The van der Waals surface area contributed by atoms with Gasteiger partial charge in [0.25, 0.3) is 0 Å². The van der Waals surface area contributed by atoms with E-state index in [2.05, 4.69) is 15.3 Å². The molecule has 0 spiro atoms. The molecule has 2 heterocycles. The van der Waals surface area contributed by atoms with E-state index in [4.69, 9.17) is 5.73 Å². The van der Waals surface area contributed by atoms with Gasteiger partial charge in [-0.05, 0) is 36.6 Å². The second-order valence-electron chi connectivity index (χ2n) is 4.68. The average Bonchev–Trinajstić information content (AvgIpc) is 3.02. The number of nitrogens with two attached hydrogens (primary N) is 1. The van der Waals surface area contributed by atoms with Crippen LogP contribution in [0.5, 0.6) is 5.75 Å². The maximum Gasteiger partial charge on any atom is 0.318 e. The zero-order chi connectivity index (χ0) is 14.8. The van der Waals surface area contributed by atoms with Crippen LogP contribution in [0.3, 0.4) is 0 Å². The minimum absolute atomic E-state index is 0.255. The highest BCUT2D eigenvalue weighted by atomic mass is 32.1. The fourth-order valence-corrected chi connectivity index (χ4v) is 2.97. The first-order chi connectivity index (χ1) is 10.1. The summed E-state index contributed by atoms with van der Waals surface area (Å²) in [7, 11) is 0. The van der Waals surface area contributed by atoms with Gasteiger partial charge in [-0.2, -0.15) is 0 Å². The van der Waals surface area contributed by atoms with Crippen LogP contribution in [0.25, 0.3) is 10.9 Å². The third-order valence-electron chi connectivity index (χ3n) is 3.18. The Morgan fingerprint density at radius 1 is 1.43 bits per heavy atom. The number of thiazole rings is 1. The number of rotatable bonds is 4. The molecule has 0 aliphatic heterocycles. The molecule has 0 saturated heterocycles. The van der Waals surface area contributed by atoms with Crippen molar-refractivity contribution in [2.45, 2.75) is 12.8 Å². The minimum atomic E-state index is -0.608. The number of hydrogen-bond acceptors (Lipinski definition) is 4. The Bertz CT molecular complexity index is 793. The zero-order valence-electron chi connectivity index (χ0n) is 11.1. The summed E-state index contributed by atoms with van der Waals surface area (Å²) < 4.78 is 0. The van der Waals surface area contributed by atoms with E-state index in [0.717, 1.165) is 35.0 Å². The van der Waals surface area contributed by atoms with Gasteiger partial charge < -0.3 is 15.8 Å². The molecule has 2 amide bonds. The number of H-pyrrole nitrogens is 1. The number of fused-ring (bicyclic) bond motifs is 1. The summed E-state index contributed by atoms with van der Waals surface area (Å²) in [5.41, 5.74) is 8.07. The number of primary amides is 1. The number of amides is 2. The Morgan fingerprint density at radius 3 is 3.10 bits per heavy atom. The highest BCUT2D eigenvalue weighted by Crippen LogP contribution is 2.24. The molecule has 0 bridgehead atoms. The molecular formula is C14H14N4O2S. The van der Waals surface area contributed by atoms with E-state index in [1.807, 2.05) is 17.6 Å². The highest BCUT2D eigenvalue weighted by Gasteiger charge is 2.07. The lowest BCUT2D eigenvalue weighted by Crippen LogP contribution is -2.19. The molecule has 7 heteroatoms. The van der Waals surface area contributed by atoms with E-state index in [-0.39, 0.29) is 5.75 Å². The monoisotopic (exact) mass is 302 g/mol. The van der Waals surface area contributed by atoms with Crippen molar-refractivity contribution in [2.75, 3.05) is 5.32 Å². The second kappa shape index (κ2) is 5.45. The van der Waals surface area contributed by atoms with Crippen molar-refractivity contribution in [3.05, 3.63) is 41.0 Å². The van der Waals surface area contributed by atoms with Crippen molar-refractivity contribution in [1.29, 1.82) is 0 Å². The van der Waals surface area contributed by atoms with Gasteiger partial charge in [-0.15, -0.1) is 11.3 Å². The largest absolute Gasteiger partial charge is 0.508 e. The van der Waals surface area contributed by atoms with Crippen LogP contribution >= 0.6 is 11.3 Å². The van der Waals surface area contributed by atoms with Crippen LogP contribution in [0.1, 0.15) is 11.3 Å². The van der Waals surface area contributed by atoms with E-state index in [0.29, 0.717) is 5.13 Å². The molecule has 0 unspecified atom stereocenters. The molecule has 1 aromatic carbocycles. The summed E-state index contributed by atoms with van der Waals surface area (Å²) in [5, 5.41) is 15.5. The van der Waals surface area contributed by atoms with Crippen molar-refractivity contribution in [1.82, 2.24) is 9.97 Å². The quantitative estimate of drug-likeness (QED) is 0.595. The van der Waals surface area contributed by atoms with Crippen molar-refractivity contribution in [2.24, 2.45) is 5.73 Å². The molecule has 3 aromatic rings. The molecule has 0 aliphatic rings. The molecule has 0 aliphatic carbocycles. The Hall–Kier alpha value is -2.54. The van der Waals surface area contributed by atoms with Gasteiger partial charge in [-0.25, -0.2) is 9.78 Å². The number of aryl methyl sites for hydroxylation is 2. The fourth-order valence-electron chi connectivity index (χ4n) is 2.22. The summed E-state index contributed by atoms with van der Waals surface area (Å²) in [6, 6.07) is 4.65. The van der Waals surface area contributed by atoms with Crippen LogP contribution in [0, 0.1) is 0 Å². The number of nitrogens with zero attached hydrogens (tertiary/aromatic N) is 1. The number of phenols is 1. The SMILES string of the molecule is NC(=O)Nc1nc(CCc2c[nH]c3ccc(O)cc23)cs1. The molecule has 0 fully saturated rings. The van der Waals surface area contributed by atoms with Crippen LogP contribution in [0.15, 0.2) is 29.8 Å². The van der Waals surface area contributed by atoms with Gasteiger partial charge in [0.2, 0.25) is 0 Å². The number of aromatic amines is 1. The lowest BCUT2D eigenvalue weighted by atomic mass is 10.1. The van der Waals surface area contributed by atoms with Gasteiger partial charge in [-0.3, -0.25) is 5.32 Å². The van der Waals surface area contributed by atoms with Gasteiger partial charge in [0, 0.05) is 22.5 Å². The predicted octanol–water partition coefficient (Wildman–Crippen LogP) is 2.61. The van der Waals surface area contributed by atoms with Gasteiger partial charge in [0.15, 0.2) is 5.13 Å². The Morgan fingerprint density at radius 2 is 2.29 bits per heavy atom. The normalized spacial score (nSPS) is 10.9. The number of benzene rings is 1. The number of carbonyl (C=O) groups excluding carboxylic acids is 1. The number of carbonyl (C=O) groups is 1. The summed E-state index contributed by atoms with van der Waals surface area (Å²) in [5.74, 6) is 0.255. The number of nitrogens with one attached hydrogen (secondary N) is 2. The first-order valence-corrected chi connectivity index (χ1v) is 7.29. The van der Waals surface area contributed by atoms with Crippen molar-refractivity contribution in [3.63, 3.8) is 0 Å². The Balaban J connectivity index is 1.73. The maximum absolute atomic E-state index is 10.8. The molecular weight excluding hydrogens is 288 g/mol. The maximum atomic E-state index is 10.8. The highest BCUT2D eigenvalue weighted by molar-refractivity contribution is 7.13. The molecule has 3 rings (SSSR count). The molecule has 0 atom stereocenters. The first-order valence-electron chi connectivity index (χ1n) is 6.41. The number of hydrogen-bond donors (Lipinski definition) is 4. The molecule has 5 N–H and O–H groups in total. The predicted molar refractivity (Wildman–Crippen MR) is 82.7 cm³/mol. The van der Waals surface area contributed by atoms with E-state index < -0.39 is 6.03 Å². The van der Waals surface area contributed by atoms with Crippen molar-refractivity contribution < 1.29 is 9.90 Å². The standard InChI is InChI=1S/C14H14N4O2S/c15-13(20)18-14-17-9(7-21-14)2-1-8-6-16-12-4-3-10(19)5-11(8)12/h3-7,16,19H,1-2H2,(H3,15,17,18,20). The van der Waals surface area contributed by atoms with Crippen molar-refractivity contribution in [3.8, 4) is 5.75 Å². The van der Waals surface area contributed by atoms with Crippen LogP contribution < -0.4 is 11.1 Å². The van der Waals surface area contributed by atoms with Gasteiger partial charge in [0.1, 0.15) is 5.75 Å². The number of urea groups is 1. The fraction of sp³-hybridized carbons (Fsp3) is 0.143. The summed E-state index contributed by atoms with van der Waals surface area (Å²) >= 11 is 1.35. The van der Waals surface area contributed by atoms with E-state index in [9.17, 15) is 9.90 Å². The Kier molecular flexibility index (Phi) is 3.49. The number of aromatic hydroxyl groups is 1. The van der Waals surface area contributed by atoms with Gasteiger partial charge >= 0.3 is 6.03 Å². The summed E-state index contributed by atoms with van der Waals surface area (Å²) in [6.45, 7) is 0. The zero-order valence-corrected chi connectivity index (χ0v) is 11.9. The smallest absolute Gasteiger partial charge is 0.318 e. The molecule has 0 saturated carbocycles. The molecule has 0 radical (unpaired) electrons. The van der Waals surface area contributed by atoms with Crippen LogP contribution in [0.4, 0.5) is 9.93 Å². The molecule has 21 heavy (non-hydrogen) atoms. The summed E-state index contributed by atoms with van der Waals surface area (Å²) in [4.78, 5) is 18.2. The topological polar surface area (TPSA) is 104 Å². The Labute approximate surface area is 124 Å². The average molecular weight is 302 g/mol. The van der Waals surface area contributed by atoms with Gasteiger partial charge in [0.05, 0.1) is 5.69 Å². The molecule has 108 valence electrons. The number of anilines is 1. The van der Waals surface area contributed by atoms with Crippen LogP contribution in [-0.2, 0) is 12.8 Å². The second-order valence-corrected chi connectivity index (χ2v) is 5.54. The van der Waals surface area contributed by atoms with E-state index >= 15 is 0 Å². The van der Waals surface area contributed by atoms with Crippen molar-refractivity contribution >= 4 is 33.4 Å². The molecule has 2 aromatic heterocycles. The third-order valence-corrected chi connectivity index (χ3v) is 3.99. The first kappa shape index (κ1) is 13.4. The lowest BCUT2D eigenvalue weighted by Gasteiger charge is -1.99.